The van der Waals surface area contributed by atoms with Crippen molar-refractivity contribution in [2.24, 2.45) is 0 Å². The monoisotopic (exact) mass is 232 g/mol. The predicted octanol–water partition coefficient (Wildman–Crippen LogP) is 4.10. The molecule has 0 saturated carbocycles. The second-order valence-electron chi connectivity index (χ2n) is 6.05. The first-order valence-electron chi connectivity index (χ1n) is 5.94. The highest BCUT2D eigenvalue weighted by Crippen LogP contribution is 2.29. The number of hydrogen-bond donors (Lipinski definition) is 0. The molecule has 0 amide bonds. The van der Waals surface area contributed by atoms with E-state index in [1.165, 1.54) is 0 Å². The SMILES string of the molecule is CC[Si](CC)(OC(C)(C)C)OC(C)(C)C. The lowest BCUT2D eigenvalue weighted by Gasteiger charge is -2.40. The maximum Gasteiger partial charge on any atom is 0.338 e. The molecule has 3 heteroatoms. The Balaban J connectivity index is 4.74. The van der Waals surface area contributed by atoms with Crippen LogP contribution in [0.1, 0.15) is 55.4 Å². The summed E-state index contributed by atoms with van der Waals surface area (Å²) in [4.78, 5) is 0. The van der Waals surface area contributed by atoms with Crippen LogP contribution < -0.4 is 0 Å². The van der Waals surface area contributed by atoms with Crippen molar-refractivity contribution in [3.63, 3.8) is 0 Å². The maximum atomic E-state index is 6.22. The molecule has 2 nitrogen and oxygen atoms in total. The summed E-state index contributed by atoms with van der Waals surface area (Å²) in [6.07, 6.45) is 0. The van der Waals surface area contributed by atoms with Crippen LogP contribution in [0.3, 0.4) is 0 Å². The Hall–Kier alpha value is 0.137. The average molecular weight is 232 g/mol. The topological polar surface area (TPSA) is 18.5 Å². The zero-order valence-electron chi connectivity index (χ0n) is 11.7. The summed E-state index contributed by atoms with van der Waals surface area (Å²) in [6, 6.07) is 2.02. The summed E-state index contributed by atoms with van der Waals surface area (Å²) in [5, 5.41) is 0. The Bertz CT molecular complexity index is 167. The Morgan fingerprint density at radius 2 is 1.00 bits per heavy atom. The smallest absolute Gasteiger partial charge is 0.338 e. The first-order chi connectivity index (χ1) is 6.54. The highest BCUT2D eigenvalue weighted by Gasteiger charge is 2.40. The van der Waals surface area contributed by atoms with Crippen LogP contribution in [0.25, 0.3) is 0 Å². The van der Waals surface area contributed by atoms with Crippen LogP contribution in [-0.4, -0.2) is 19.8 Å². The summed E-state index contributed by atoms with van der Waals surface area (Å²) in [5.74, 6) is 0. The van der Waals surface area contributed by atoms with E-state index in [-0.39, 0.29) is 11.2 Å². The van der Waals surface area contributed by atoms with Gasteiger partial charge in [0.25, 0.3) is 0 Å². The van der Waals surface area contributed by atoms with E-state index in [0.29, 0.717) is 0 Å². The van der Waals surface area contributed by atoms with Crippen LogP contribution in [-0.2, 0) is 8.85 Å². The molecule has 0 saturated heterocycles. The molecule has 15 heavy (non-hydrogen) atoms. The molecule has 0 bridgehead atoms. The van der Waals surface area contributed by atoms with Crippen LogP contribution in [0.5, 0.6) is 0 Å². The molecule has 0 rings (SSSR count). The van der Waals surface area contributed by atoms with Crippen LogP contribution in [0.4, 0.5) is 0 Å². The van der Waals surface area contributed by atoms with Gasteiger partial charge in [-0.1, -0.05) is 13.8 Å². The first kappa shape index (κ1) is 15.1. The van der Waals surface area contributed by atoms with Gasteiger partial charge in [0.1, 0.15) is 0 Å². The quantitative estimate of drug-likeness (QED) is 0.679. The molecule has 0 spiro atoms. The van der Waals surface area contributed by atoms with Gasteiger partial charge in [-0.25, -0.2) is 0 Å². The zero-order chi connectivity index (χ0) is 12.3. The van der Waals surface area contributed by atoms with Gasteiger partial charge in [-0.2, -0.15) is 0 Å². The van der Waals surface area contributed by atoms with Gasteiger partial charge < -0.3 is 8.85 Å². The van der Waals surface area contributed by atoms with Crippen LogP contribution >= 0.6 is 0 Å². The molecular weight excluding hydrogens is 204 g/mol. The van der Waals surface area contributed by atoms with E-state index in [2.05, 4.69) is 55.4 Å². The molecular formula is C12H28O2Si. The molecule has 0 aliphatic rings. The highest BCUT2D eigenvalue weighted by molar-refractivity contribution is 6.67. The molecule has 0 atom stereocenters. The van der Waals surface area contributed by atoms with Gasteiger partial charge in [0.05, 0.1) is 11.2 Å². The van der Waals surface area contributed by atoms with Crippen LogP contribution in [0.2, 0.25) is 12.1 Å². The van der Waals surface area contributed by atoms with E-state index in [4.69, 9.17) is 8.85 Å². The Labute approximate surface area is 96.6 Å². The van der Waals surface area contributed by atoms with E-state index < -0.39 is 8.56 Å². The summed E-state index contributed by atoms with van der Waals surface area (Å²) in [6.45, 7) is 17.0. The lowest BCUT2D eigenvalue weighted by Crippen LogP contribution is -2.50. The minimum atomic E-state index is -2.01. The van der Waals surface area contributed by atoms with Gasteiger partial charge in [0.2, 0.25) is 0 Å². The minimum Gasteiger partial charge on any atom is -0.389 e. The molecule has 0 N–H and O–H groups in total. The summed E-state index contributed by atoms with van der Waals surface area (Å²) in [5.41, 5.74) is -0.215. The number of hydrogen-bond acceptors (Lipinski definition) is 2. The third-order valence-electron chi connectivity index (χ3n) is 2.06. The summed E-state index contributed by atoms with van der Waals surface area (Å²) < 4.78 is 12.4. The van der Waals surface area contributed by atoms with E-state index >= 15 is 0 Å². The Morgan fingerprint density at radius 3 is 1.13 bits per heavy atom. The molecule has 0 radical (unpaired) electrons. The van der Waals surface area contributed by atoms with E-state index in [9.17, 15) is 0 Å². The minimum absolute atomic E-state index is 0.108. The van der Waals surface area contributed by atoms with Crippen LogP contribution in [0, 0.1) is 0 Å². The predicted molar refractivity (Wildman–Crippen MR) is 68.4 cm³/mol. The van der Waals surface area contributed by atoms with Crippen molar-refractivity contribution >= 4 is 8.56 Å². The van der Waals surface area contributed by atoms with Crippen molar-refractivity contribution in [3.8, 4) is 0 Å². The highest BCUT2D eigenvalue weighted by atomic mass is 28.4. The fourth-order valence-electron chi connectivity index (χ4n) is 1.68. The van der Waals surface area contributed by atoms with Crippen molar-refractivity contribution in [1.29, 1.82) is 0 Å². The molecule has 0 aromatic rings. The molecule has 0 unspecified atom stereocenters. The zero-order valence-corrected chi connectivity index (χ0v) is 12.7. The normalized spacial score (nSPS) is 14.4. The van der Waals surface area contributed by atoms with Gasteiger partial charge in [-0.3, -0.25) is 0 Å². The molecule has 0 heterocycles. The van der Waals surface area contributed by atoms with Gasteiger partial charge in [0.15, 0.2) is 0 Å². The second kappa shape index (κ2) is 4.98. The Morgan fingerprint density at radius 1 is 0.733 bits per heavy atom. The molecule has 92 valence electrons. The number of rotatable bonds is 4. The van der Waals surface area contributed by atoms with Gasteiger partial charge in [-0.05, 0) is 53.6 Å². The van der Waals surface area contributed by atoms with Crippen molar-refractivity contribution in [1.82, 2.24) is 0 Å². The average Bonchev–Trinajstić information content (AvgIpc) is 1.98. The molecule has 0 aliphatic carbocycles. The van der Waals surface area contributed by atoms with Crippen molar-refractivity contribution in [3.05, 3.63) is 0 Å². The third kappa shape index (κ3) is 6.33. The van der Waals surface area contributed by atoms with E-state index in [1.807, 2.05) is 0 Å². The second-order valence-corrected chi connectivity index (χ2v) is 9.69. The first-order valence-corrected chi connectivity index (χ1v) is 8.17. The molecule has 0 aliphatic heterocycles. The fraction of sp³-hybridized carbons (Fsp3) is 1.00. The third-order valence-corrected chi connectivity index (χ3v) is 6.19. The summed E-state index contributed by atoms with van der Waals surface area (Å²) >= 11 is 0. The Kier molecular flexibility index (Phi) is 5.02. The standard InChI is InChI=1S/C12H28O2Si/c1-9-15(10-2,13-11(3,4)5)14-12(6,7)8/h9-10H2,1-8H3. The largest absolute Gasteiger partial charge is 0.389 e. The van der Waals surface area contributed by atoms with E-state index in [0.717, 1.165) is 12.1 Å². The van der Waals surface area contributed by atoms with Crippen molar-refractivity contribution < 1.29 is 8.85 Å². The van der Waals surface area contributed by atoms with Gasteiger partial charge >= 0.3 is 8.56 Å². The van der Waals surface area contributed by atoms with Crippen molar-refractivity contribution in [2.45, 2.75) is 78.7 Å². The van der Waals surface area contributed by atoms with Crippen molar-refractivity contribution in [2.75, 3.05) is 0 Å². The fourth-order valence-corrected chi connectivity index (χ4v) is 5.03. The summed E-state index contributed by atoms with van der Waals surface area (Å²) in [7, 11) is -2.01. The molecule has 0 fully saturated rings. The van der Waals surface area contributed by atoms with Gasteiger partial charge in [-0.15, -0.1) is 0 Å². The lowest BCUT2D eigenvalue weighted by molar-refractivity contribution is 0.0151. The molecule has 0 aromatic carbocycles. The van der Waals surface area contributed by atoms with Crippen LogP contribution in [0.15, 0.2) is 0 Å². The molecule has 0 aromatic heterocycles. The lowest BCUT2D eigenvalue weighted by atomic mass is 10.2. The maximum absolute atomic E-state index is 6.22. The van der Waals surface area contributed by atoms with E-state index in [1.54, 1.807) is 0 Å². The van der Waals surface area contributed by atoms with Gasteiger partial charge in [0, 0.05) is 0 Å².